The van der Waals surface area contributed by atoms with Crippen LogP contribution < -0.4 is 0 Å². The Balaban J connectivity index is 2.11. The van der Waals surface area contributed by atoms with E-state index in [1.165, 1.54) is 51.4 Å². The highest BCUT2D eigenvalue weighted by Crippen LogP contribution is 2.15. The largest absolute Gasteiger partial charge is 0.393 e. The third-order valence-electron chi connectivity index (χ3n) is 2.89. The van der Waals surface area contributed by atoms with Gasteiger partial charge in [-0.05, 0) is 19.3 Å². The van der Waals surface area contributed by atoms with Gasteiger partial charge in [0, 0.05) is 0 Å². The van der Waals surface area contributed by atoms with Gasteiger partial charge >= 0.3 is 0 Å². The van der Waals surface area contributed by atoms with Crippen LogP contribution in [-0.2, 0) is 0 Å². The summed E-state index contributed by atoms with van der Waals surface area (Å²) in [6, 6.07) is 0. The van der Waals surface area contributed by atoms with Crippen LogP contribution in [0.2, 0.25) is 0 Å². The second-order valence-electron chi connectivity index (χ2n) is 4.21. The van der Waals surface area contributed by atoms with E-state index < -0.39 is 0 Å². The van der Waals surface area contributed by atoms with E-state index in [9.17, 15) is 5.11 Å². The molecule has 1 nitrogen and oxygen atoms in total. The summed E-state index contributed by atoms with van der Waals surface area (Å²) in [5.74, 6) is 0. The van der Waals surface area contributed by atoms with Crippen LogP contribution in [0.1, 0.15) is 64.2 Å². The van der Waals surface area contributed by atoms with E-state index in [4.69, 9.17) is 0 Å². The highest BCUT2D eigenvalue weighted by Gasteiger charge is 2.04. The number of hydrogen-bond donors (Lipinski definition) is 1. The Morgan fingerprint density at radius 3 is 2.00 bits per heavy atom. The molecule has 0 saturated heterocycles. The molecule has 1 heteroatoms. The van der Waals surface area contributed by atoms with Gasteiger partial charge in [-0.1, -0.05) is 51.4 Å². The lowest BCUT2D eigenvalue weighted by Crippen LogP contribution is -2.07. The smallest absolute Gasteiger partial charge is 0.0572 e. The fourth-order valence-corrected chi connectivity index (χ4v) is 1.99. The van der Waals surface area contributed by atoms with Crippen molar-refractivity contribution < 1.29 is 5.11 Å². The SMILES string of the molecule is OC1[CH]CCCCCCCCCC1. The molecule has 0 bridgehead atoms. The van der Waals surface area contributed by atoms with Crippen LogP contribution in [0.15, 0.2) is 0 Å². The van der Waals surface area contributed by atoms with Gasteiger partial charge in [0.2, 0.25) is 0 Å². The van der Waals surface area contributed by atoms with Gasteiger partial charge in [0.25, 0.3) is 0 Å². The van der Waals surface area contributed by atoms with Crippen LogP contribution in [0.25, 0.3) is 0 Å². The van der Waals surface area contributed by atoms with Gasteiger partial charge in [0.05, 0.1) is 6.10 Å². The van der Waals surface area contributed by atoms with Crippen molar-refractivity contribution in [3.05, 3.63) is 6.42 Å². The number of hydrogen-bond acceptors (Lipinski definition) is 1. The maximum absolute atomic E-state index is 9.54. The van der Waals surface area contributed by atoms with Gasteiger partial charge in [-0.25, -0.2) is 0 Å². The van der Waals surface area contributed by atoms with Gasteiger partial charge in [-0.3, -0.25) is 0 Å². The van der Waals surface area contributed by atoms with Crippen molar-refractivity contribution in [3.8, 4) is 0 Å². The Hall–Kier alpha value is -0.0400. The highest BCUT2D eigenvalue weighted by atomic mass is 16.3. The van der Waals surface area contributed by atoms with Crippen LogP contribution in [0, 0.1) is 6.42 Å². The molecule has 13 heavy (non-hydrogen) atoms. The Bertz CT molecular complexity index is 99.7. The predicted molar refractivity (Wildman–Crippen MR) is 56.5 cm³/mol. The van der Waals surface area contributed by atoms with Crippen LogP contribution in [0.4, 0.5) is 0 Å². The average molecular weight is 183 g/mol. The zero-order valence-corrected chi connectivity index (χ0v) is 8.67. The second-order valence-corrected chi connectivity index (χ2v) is 4.21. The lowest BCUT2D eigenvalue weighted by atomic mass is 10.00. The topological polar surface area (TPSA) is 20.2 Å². The summed E-state index contributed by atoms with van der Waals surface area (Å²) < 4.78 is 0. The van der Waals surface area contributed by atoms with Gasteiger partial charge in [0.1, 0.15) is 0 Å². The van der Waals surface area contributed by atoms with E-state index in [1.54, 1.807) is 0 Å². The molecule has 0 amide bonds. The number of aliphatic hydroxyl groups excluding tert-OH is 1. The van der Waals surface area contributed by atoms with E-state index in [2.05, 4.69) is 6.42 Å². The van der Waals surface area contributed by atoms with E-state index in [0.717, 1.165) is 12.8 Å². The van der Waals surface area contributed by atoms with E-state index in [-0.39, 0.29) is 6.10 Å². The van der Waals surface area contributed by atoms with Crippen LogP contribution in [0.3, 0.4) is 0 Å². The molecule has 0 heterocycles. The van der Waals surface area contributed by atoms with Crippen molar-refractivity contribution in [3.63, 3.8) is 0 Å². The Morgan fingerprint density at radius 1 is 0.769 bits per heavy atom. The van der Waals surface area contributed by atoms with Crippen molar-refractivity contribution >= 4 is 0 Å². The van der Waals surface area contributed by atoms with Crippen LogP contribution in [-0.4, -0.2) is 11.2 Å². The maximum atomic E-state index is 9.54. The molecule has 1 rings (SSSR count). The minimum absolute atomic E-state index is 0.126. The molecule has 0 aromatic carbocycles. The molecule has 1 fully saturated rings. The summed E-state index contributed by atoms with van der Waals surface area (Å²) in [4.78, 5) is 0. The van der Waals surface area contributed by atoms with E-state index in [0.29, 0.717) is 0 Å². The zero-order valence-electron chi connectivity index (χ0n) is 8.67. The third-order valence-corrected chi connectivity index (χ3v) is 2.89. The van der Waals surface area contributed by atoms with Crippen molar-refractivity contribution in [2.24, 2.45) is 0 Å². The molecule has 0 aliphatic heterocycles. The zero-order chi connectivity index (χ0) is 9.36. The minimum Gasteiger partial charge on any atom is -0.393 e. The second kappa shape index (κ2) is 7.37. The van der Waals surface area contributed by atoms with Gasteiger partial charge in [-0.2, -0.15) is 0 Å². The first kappa shape index (κ1) is 11.0. The summed E-state index contributed by atoms with van der Waals surface area (Å²) in [5.41, 5.74) is 0. The Labute approximate surface area is 82.5 Å². The number of aliphatic hydroxyl groups is 1. The normalized spacial score (nSPS) is 24.7. The quantitative estimate of drug-likeness (QED) is 0.609. The van der Waals surface area contributed by atoms with Gasteiger partial charge in [-0.15, -0.1) is 0 Å². The summed E-state index contributed by atoms with van der Waals surface area (Å²) in [7, 11) is 0. The first-order valence-corrected chi connectivity index (χ1v) is 5.91. The fraction of sp³-hybridized carbons (Fsp3) is 0.917. The summed E-state index contributed by atoms with van der Waals surface area (Å²) in [5, 5.41) is 9.54. The summed E-state index contributed by atoms with van der Waals surface area (Å²) in [6.07, 6.45) is 14.8. The molecule has 1 aliphatic carbocycles. The first-order chi connectivity index (χ1) is 6.39. The van der Waals surface area contributed by atoms with Crippen molar-refractivity contribution in [1.82, 2.24) is 0 Å². The Morgan fingerprint density at radius 2 is 1.31 bits per heavy atom. The van der Waals surface area contributed by atoms with Crippen molar-refractivity contribution in [1.29, 1.82) is 0 Å². The van der Waals surface area contributed by atoms with Gasteiger partial charge < -0.3 is 5.11 Å². The van der Waals surface area contributed by atoms with Crippen molar-refractivity contribution in [2.45, 2.75) is 70.3 Å². The van der Waals surface area contributed by atoms with E-state index >= 15 is 0 Å². The summed E-state index contributed by atoms with van der Waals surface area (Å²) in [6.45, 7) is 0. The highest BCUT2D eigenvalue weighted by molar-refractivity contribution is 4.75. The lowest BCUT2D eigenvalue weighted by molar-refractivity contribution is 0.186. The monoisotopic (exact) mass is 183 g/mol. The van der Waals surface area contributed by atoms with Crippen molar-refractivity contribution in [2.75, 3.05) is 0 Å². The molecule has 1 N–H and O–H groups in total. The molecule has 1 radical (unpaired) electrons. The minimum atomic E-state index is -0.126. The predicted octanol–water partition coefficient (Wildman–Crippen LogP) is 3.47. The van der Waals surface area contributed by atoms with Gasteiger partial charge in [0.15, 0.2) is 0 Å². The standard InChI is InChI=1S/C12H23O/c13-12-10-8-6-4-2-1-3-5-7-9-11-12/h10,12-13H,1-9,11H2. The molecular weight excluding hydrogens is 160 g/mol. The van der Waals surface area contributed by atoms with Crippen LogP contribution >= 0.6 is 0 Å². The third kappa shape index (κ3) is 6.09. The molecule has 1 atom stereocenters. The molecule has 1 saturated carbocycles. The summed E-state index contributed by atoms with van der Waals surface area (Å²) >= 11 is 0. The maximum Gasteiger partial charge on any atom is 0.0572 e. The average Bonchev–Trinajstić information content (AvgIpc) is 2.11. The molecule has 1 aliphatic rings. The molecule has 0 aromatic heterocycles. The lowest BCUT2D eigenvalue weighted by Gasteiger charge is -2.11. The molecule has 0 spiro atoms. The fourth-order valence-electron chi connectivity index (χ4n) is 1.99. The van der Waals surface area contributed by atoms with E-state index in [1.807, 2.05) is 0 Å². The molecular formula is C12H23O. The molecule has 77 valence electrons. The molecule has 0 aromatic rings. The van der Waals surface area contributed by atoms with Crippen LogP contribution in [0.5, 0.6) is 0 Å². The first-order valence-electron chi connectivity index (χ1n) is 5.91. The molecule has 1 unspecified atom stereocenters. The number of rotatable bonds is 0. The Kier molecular flexibility index (Phi) is 6.26.